The number of nitrogens with one attached hydrogen (secondary N) is 3. The Hall–Kier alpha value is -2.87. The van der Waals surface area contributed by atoms with Gasteiger partial charge in [-0.3, -0.25) is 9.89 Å². The van der Waals surface area contributed by atoms with Crippen LogP contribution in [-0.4, -0.2) is 28.2 Å². The molecule has 2 heterocycles. The number of H-pyrrole nitrogens is 1. The third-order valence-electron chi connectivity index (χ3n) is 2.83. The molecule has 0 saturated heterocycles. The van der Waals surface area contributed by atoms with Crippen LogP contribution in [0.1, 0.15) is 10.5 Å². The van der Waals surface area contributed by atoms with E-state index in [2.05, 4.69) is 25.8 Å². The maximum Gasteiger partial charge on any atom is 0.275 e. The normalized spacial score (nSPS) is 10.2. The number of benzene rings is 1. The standard InChI is InChI=1S/C14H13N5O2S/c1-21-11-4-2-9(3-5-11)18-14-19-12(8-22-14)13(20)17-10-6-15-16-7-10/h2-8H,1H3,(H,15,16)(H,17,20)(H,18,19). The van der Waals surface area contributed by atoms with E-state index in [9.17, 15) is 4.79 Å². The molecule has 0 aliphatic carbocycles. The molecule has 3 N–H and O–H groups in total. The van der Waals surface area contributed by atoms with Crippen LogP contribution in [0.5, 0.6) is 5.75 Å². The highest BCUT2D eigenvalue weighted by molar-refractivity contribution is 7.14. The third kappa shape index (κ3) is 3.23. The molecule has 0 unspecified atom stereocenters. The van der Waals surface area contributed by atoms with Crippen LogP contribution in [0.4, 0.5) is 16.5 Å². The number of ether oxygens (including phenoxy) is 1. The molecule has 22 heavy (non-hydrogen) atoms. The van der Waals surface area contributed by atoms with Crippen molar-refractivity contribution in [1.29, 1.82) is 0 Å². The molecular weight excluding hydrogens is 302 g/mol. The van der Waals surface area contributed by atoms with Gasteiger partial charge in [0.2, 0.25) is 0 Å². The predicted molar refractivity (Wildman–Crippen MR) is 84.9 cm³/mol. The minimum Gasteiger partial charge on any atom is -0.497 e. The Balaban J connectivity index is 1.66. The van der Waals surface area contributed by atoms with Crippen molar-refractivity contribution in [1.82, 2.24) is 15.2 Å². The number of nitrogens with zero attached hydrogens (tertiary/aromatic N) is 2. The summed E-state index contributed by atoms with van der Waals surface area (Å²) in [5.74, 6) is 0.505. The topological polar surface area (TPSA) is 91.9 Å². The highest BCUT2D eigenvalue weighted by atomic mass is 32.1. The van der Waals surface area contributed by atoms with Crippen molar-refractivity contribution in [2.75, 3.05) is 17.7 Å². The number of hydrogen-bond acceptors (Lipinski definition) is 6. The van der Waals surface area contributed by atoms with E-state index in [1.807, 2.05) is 24.3 Å². The van der Waals surface area contributed by atoms with E-state index in [1.165, 1.54) is 17.5 Å². The number of thiazole rings is 1. The highest BCUT2D eigenvalue weighted by Crippen LogP contribution is 2.23. The average molecular weight is 315 g/mol. The van der Waals surface area contributed by atoms with Gasteiger partial charge in [0, 0.05) is 17.3 Å². The molecule has 0 saturated carbocycles. The molecule has 0 spiro atoms. The number of carbonyl (C=O) groups excluding carboxylic acids is 1. The summed E-state index contributed by atoms with van der Waals surface area (Å²) in [7, 11) is 1.62. The van der Waals surface area contributed by atoms with Crippen molar-refractivity contribution in [2.45, 2.75) is 0 Å². The van der Waals surface area contributed by atoms with Gasteiger partial charge in [0.05, 0.1) is 19.0 Å². The lowest BCUT2D eigenvalue weighted by atomic mass is 10.3. The molecule has 3 rings (SSSR count). The number of amides is 1. The lowest BCUT2D eigenvalue weighted by Gasteiger charge is -2.04. The first kappa shape index (κ1) is 14.1. The number of rotatable bonds is 5. The molecule has 112 valence electrons. The fraction of sp³-hybridized carbons (Fsp3) is 0.0714. The molecule has 0 radical (unpaired) electrons. The van der Waals surface area contributed by atoms with E-state index in [0.29, 0.717) is 16.5 Å². The first-order valence-electron chi connectivity index (χ1n) is 6.41. The maximum absolute atomic E-state index is 12.0. The second kappa shape index (κ2) is 6.27. The summed E-state index contributed by atoms with van der Waals surface area (Å²) in [5.41, 5.74) is 1.82. The molecule has 7 nitrogen and oxygen atoms in total. The SMILES string of the molecule is COc1ccc(Nc2nc(C(=O)Nc3cn[nH]c3)cs2)cc1. The van der Waals surface area contributed by atoms with Crippen molar-refractivity contribution in [3.05, 3.63) is 47.7 Å². The molecule has 1 amide bonds. The Bertz CT molecular complexity index is 752. The summed E-state index contributed by atoms with van der Waals surface area (Å²) in [6.45, 7) is 0. The van der Waals surface area contributed by atoms with E-state index >= 15 is 0 Å². The Labute approximate surface area is 130 Å². The van der Waals surface area contributed by atoms with Gasteiger partial charge in [-0.1, -0.05) is 0 Å². The summed E-state index contributed by atoms with van der Waals surface area (Å²) in [4.78, 5) is 16.3. The number of carbonyl (C=O) groups is 1. The van der Waals surface area contributed by atoms with Crippen molar-refractivity contribution >= 4 is 33.8 Å². The largest absolute Gasteiger partial charge is 0.497 e. The zero-order chi connectivity index (χ0) is 15.4. The Morgan fingerprint density at radius 2 is 2.09 bits per heavy atom. The minimum absolute atomic E-state index is 0.277. The summed E-state index contributed by atoms with van der Waals surface area (Å²) in [6.07, 6.45) is 3.13. The number of methoxy groups -OCH3 is 1. The summed E-state index contributed by atoms with van der Waals surface area (Å²) in [6, 6.07) is 7.46. The molecule has 0 aliphatic heterocycles. The Morgan fingerprint density at radius 1 is 1.27 bits per heavy atom. The van der Waals surface area contributed by atoms with Crippen LogP contribution < -0.4 is 15.4 Å². The zero-order valence-electron chi connectivity index (χ0n) is 11.7. The van der Waals surface area contributed by atoms with Crippen molar-refractivity contribution in [3.8, 4) is 5.75 Å². The molecule has 8 heteroatoms. The lowest BCUT2D eigenvalue weighted by Crippen LogP contribution is -2.11. The van der Waals surface area contributed by atoms with Crippen LogP contribution in [0.25, 0.3) is 0 Å². The van der Waals surface area contributed by atoms with Crippen LogP contribution in [-0.2, 0) is 0 Å². The predicted octanol–water partition coefficient (Wildman–Crippen LogP) is 2.87. The van der Waals surface area contributed by atoms with Crippen molar-refractivity contribution < 1.29 is 9.53 Å². The number of aromatic amines is 1. The molecular formula is C14H13N5O2S. The van der Waals surface area contributed by atoms with Gasteiger partial charge in [-0.05, 0) is 24.3 Å². The molecule has 2 aromatic heterocycles. The second-order valence-corrected chi connectivity index (χ2v) is 5.19. The van der Waals surface area contributed by atoms with Crippen LogP contribution in [0.15, 0.2) is 42.0 Å². The fourth-order valence-electron chi connectivity index (χ4n) is 1.75. The Kier molecular flexibility index (Phi) is 4.01. The first-order valence-corrected chi connectivity index (χ1v) is 7.29. The van der Waals surface area contributed by atoms with Gasteiger partial charge >= 0.3 is 0 Å². The summed E-state index contributed by atoms with van der Waals surface area (Å²) < 4.78 is 5.10. The molecule has 3 aromatic rings. The van der Waals surface area contributed by atoms with Gasteiger partial charge < -0.3 is 15.4 Å². The first-order chi connectivity index (χ1) is 10.7. The van der Waals surface area contributed by atoms with E-state index in [0.717, 1.165) is 11.4 Å². The van der Waals surface area contributed by atoms with E-state index in [-0.39, 0.29) is 5.91 Å². The quantitative estimate of drug-likeness (QED) is 0.673. The van der Waals surface area contributed by atoms with Crippen LogP contribution >= 0.6 is 11.3 Å². The fourth-order valence-corrected chi connectivity index (χ4v) is 2.46. The molecule has 0 aliphatic rings. The second-order valence-electron chi connectivity index (χ2n) is 4.33. The van der Waals surface area contributed by atoms with Crippen LogP contribution in [0.2, 0.25) is 0 Å². The van der Waals surface area contributed by atoms with E-state index in [1.54, 1.807) is 18.7 Å². The number of hydrogen-bond donors (Lipinski definition) is 3. The number of anilines is 3. The smallest absolute Gasteiger partial charge is 0.275 e. The lowest BCUT2D eigenvalue weighted by molar-refractivity contribution is 0.102. The van der Waals surface area contributed by atoms with E-state index in [4.69, 9.17) is 4.74 Å². The highest BCUT2D eigenvalue weighted by Gasteiger charge is 2.11. The van der Waals surface area contributed by atoms with Gasteiger partial charge in [-0.15, -0.1) is 11.3 Å². The molecule has 1 aromatic carbocycles. The molecule has 0 atom stereocenters. The van der Waals surface area contributed by atoms with Gasteiger partial charge in [0.1, 0.15) is 11.4 Å². The summed E-state index contributed by atoms with van der Waals surface area (Å²) in [5, 5.41) is 14.6. The van der Waals surface area contributed by atoms with Crippen LogP contribution in [0, 0.1) is 0 Å². The maximum atomic E-state index is 12.0. The minimum atomic E-state index is -0.277. The summed E-state index contributed by atoms with van der Waals surface area (Å²) >= 11 is 1.36. The Morgan fingerprint density at radius 3 is 2.77 bits per heavy atom. The van der Waals surface area contributed by atoms with Gasteiger partial charge in [0.25, 0.3) is 5.91 Å². The van der Waals surface area contributed by atoms with Crippen molar-refractivity contribution in [2.24, 2.45) is 0 Å². The van der Waals surface area contributed by atoms with Gasteiger partial charge in [0.15, 0.2) is 5.13 Å². The number of aromatic nitrogens is 3. The van der Waals surface area contributed by atoms with Gasteiger partial charge in [-0.2, -0.15) is 5.10 Å². The average Bonchev–Trinajstić information content (AvgIpc) is 3.20. The van der Waals surface area contributed by atoms with Crippen molar-refractivity contribution in [3.63, 3.8) is 0 Å². The van der Waals surface area contributed by atoms with E-state index < -0.39 is 0 Å². The van der Waals surface area contributed by atoms with Crippen LogP contribution in [0.3, 0.4) is 0 Å². The zero-order valence-corrected chi connectivity index (χ0v) is 12.5. The molecule has 0 bridgehead atoms. The third-order valence-corrected chi connectivity index (χ3v) is 3.59. The molecule has 0 fully saturated rings. The van der Waals surface area contributed by atoms with Gasteiger partial charge in [-0.25, -0.2) is 4.98 Å². The monoisotopic (exact) mass is 315 g/mol.